The Balaban J connectivity index is 0.000000165. The van der Waals surface area contributed by atoms with E-state index in [4.69, 9.17) is 30.8 Å². The van der Waals surface area contributed by atoms with Crippen molar-refractivity contribution in [1.29, 1.82) is 0 Å². The van der Waals surface area contributed by atoms with E-state index >= 15 is 0 Å². The molecule has 0 fully saturated rings. The minimum absolute atomic E-state index is 0. The summed E-state index contributed by atoms with van der Waals surface area (Å²) >= 11 is -0.346. The Labute approximate surface area is 602 Å². The molecule has 0 aliphatic carbocycles. The summed E-state index contributed by atoms with van der Waals surface area (Å²) < 4.78 is 0. The molecule has 12 heteroatoms. The third-order valence-corrected chi connectivity index (χ3v) is 25.5. The van der Waals surface area contributed by atoms with Crippen LogP contribution >= 0.6 is 51.1 Å². The molecule has 0 radical (unpaired) electrons. The summed E-state index contributed by atoms with van der Waals surface area (Å²) in [6.07, 6.45) is 3.40. The van der Waals surface area contributed by atoms with E-state index in [1.54, 1.807) is 12.4 Å². The van der Waals surface area contributed by atoms with Crippen molar-refractivity contribution in [2.75, 3.05) is 0 Å². The van der Waals surface area contributed by atoms with Gasteiger partial charge in [-0.2, -0.15) is 0 Å². The summed E-state index contributed by atoms with van der Waals surface area (Å²) in [5, 5.41) is 17.2. The molecule has 0 amide bonds. The number of aromatic nitrogens is 2. The van der Waals surface area contributed by atoms with Crippen molar-refractivity contribution in [3.8, 4) is 0 Å². The first-order chi connectivity index (χ1) is 47.1. The topological polar surface area (TPSA) is 73.4 Å². The normalized spacial score (nSPS) is 10.1. The Bertz CT molecular complexity index is 3290. The van der Waals surface area contributed by atoms with Crippen LogP contribution in [0.3, 0.4) is 0 Å². The van der Waals surface area contributed by atoms with Crippen LogP contribution in [0.15, 0.2) is 413 Å². The molecule has 2 aromatic heterocycles. The first-order valence-corrected chi connectivity index (χ1v) is 41.6. The van der Waals surface area contributed by atoms with E-state index in [1.807, 2.05) is 36.4 Å². The van der Waals surface area contributed by atoms with Gasteiger partial charge in [-0.05, 0) is 170 Å². The van der Waals surface area contributed by atoms with Crippen molar-refractivity contribution in [1.82, 2.24) is 9.97 Å². The van der Waals surface area contributed by atoms with E-state index in [2.05, 4.69) is 374 Å². The van der Waals surface area contributed by atoms with Crippen LogP contribution in [0, 0.1) is 0 Å². The molecule has 0 aliphatic heterocycles. The average molecular weight is 1540 g/mol. The van der Waals surface area contributed by atoms with Gasteiger partial charge in [0.15, 0.2) is 0 Å². The first-order valence-electron chi connectivity index (χ1n) is 31.2. The van der Waals surface area contributed by atoms with Crippen molar-refractivity contribution in [2.45, 2.75) is 13.1 Å². The molecule has 0 saturated heterocycles. The summed E-state index contributed by atoms with van der Waals surface area (Å²) in [5.41, 5.74) is 15.4. The van der Waals surface area contributed by atoms with Gasteiger partial charge in [0.25, 0.3) is 0 Å². The molecule has 4 nitrogen and oxygen atoms in total. The van der Waals surface area contributed by atoms with Gasteiger partial charge in [-0.3, -0.25) is 9.97 Å². The van der Waals surface area contributed by atoms with E-state index in [0.717, 1.165) is 11.4 Å². The quantitative estimate of drug-likeness (QED) is 0.0804. The molecule has 12 aromatic carbocycles. The van der Waals surface area contributed by atoms with Crippen LogP contribution in [-0.2, 0) is 47.7 Å². The van der Waals surface area contributed by atoms with Crippen LogP contribution < -0.4 is 63.7 Å². The Morgan fingerprint density at radius 2 is 0.323 bits per heavy atom. The van der Waals surface area contributed by atoms with Gasteiger partial charge in [0.2, 0.25) is 0 Å². The Morgan fingerprint density at radius 3 is 0.406 bits per heavy atom. The van der Waals surface area contributed by atoms with Gasteiger partial charge in [0.05, 0.1) is 31.7 Å². The van der Waals surface area contributed by atoms with Gasteiger partial charge in [0, 0.05) is 23.8 Å². The molecular weight excluding hydrogens is 1460 g/mol. The molecule has 2 heterocycles. The maximum Gasteiger partial charge on any atom is 0.102 e. The number of nitrogens with zero attached hydrogens (tertiary/aromatic N) is 2. The van der Waals surface area contributed by atoms with Crippen molar-refractivity contribution < 1.29 is 34.6 Å². The monoisotopic (exact) mass is 1540 g/mol. The van der Waals surface area contributed by atoms with Crippen molar-refractivity contribution in [3.63, 3.8) is 0 Å². The number of nitrogens with one attached hydrogen (secondary N) is 2. The second-order valence-electron chi connectivity index (χ2n) is 20.9. The van der Waals surface area contributed by atoms with E-state index in [-0.39, 0.29) is 47.7 Å². The largest absolute Gasteiger partial charge is 0.102 e. The molecule has 0 bridgehead atoms. The summed E-state index contributed by atoms with van der Waals surface area (Å²) in [6.45, 7) is 0.557. The fraction of sp³-hybridized carbons (Fsp3) is 0.0238. The van der Waals surface area contributed by atoms with E-state index in [9.17, 15) is 0 Å². The third-order valence-electron chi connectivity index (χ3n) is 14.6. The number of hydrogen-bond acceptors (Lipinski definition) is 2. The summed E-state index contributed by atoms with van der Waals surface area (Å²) in [4.78, 5) is 7.82. The van der Waals surface area contributed by atoms with Gasteiger partial charge in [-0.25, -0.2) is 0 Å². The molecule has 0 unspecified atom stereocenters. The molecule has 0 spiro atoms. The maximum atomic E-state index is 6.88. The third kappa shape index (κ3) is 25.8. The molecule has 96 heavy (non-hydrogen) atoms. The fourth-order valence-corrected chi connectivity index (χ4v) is 20.6. The SMILES string of the molecule is [Cl][Ru][Cl].[NH-]Cc1ccccn1.[NH-]Cc1ccccn1.[RuH2].c1ccc([PH+](c2ccccc2)c2ccccc2)cc1.c1ccc([PH+](c2ccccc2)c2ccccc2)cc1.c1ccc([PH+](c2ccccc2)c2ccccc2)cc1.c1ccc([PH+](c2ccccc2)c2ccccc2)cc1. The maximum absolute atomic E-state index is 6.88. The smallest absolute Gasteiger partial charge is 0.0620 e. The van der Waals surface area contributed by atoms with Gasteiger partial charge >= 0.3 is 54.0 Å². The standard InChI is InChI=1S/4C18H15P.2C6H7N2.2ClH.2Ru.2H/c4*1-4-10-16(11-5-1)19(17-12-6-2-7-13-17)18-14-8-3-9-15-18;2*7-5-6-3-1-2-4-8-6;;;;;;/h4*1-15H;2*1-4,7H,5H2;2*1H;;;;/q;;;;2*-1;;;;+2;;/p+2. The van der Waals surface area contributed by atoms with Crippen LogP contribution in [0.1, 0.15) is 11.4 Å². The zero-order valence-electron chi connectivity index (χ0n) is 53.1. The molecule has 0 saturated carbocycles. The second-order valence-corrected chi connectivity index (χ2v) is 33.5. The molecule has 14 rings (SSSR count). The second kappa shape index (κ2) is 45.8. The van der Waals surface area contributed by atoms with Gasteiger partial charge in [0.1, 0.15) is 63.7 Å². The molecule has 2 N–H and O–H groups in total. The minimum atomic E-state index is -0.877. The Morgan fingerprint density at radius 1 is 0.208 bits per heavy atom. The number of halogens is 2. The Kier molecular flexibility index (Phi) is 36.1. The number of hydrogen-bond donors (Lipinski definition) is 0. The zero-order valence-corrected chi connectivity index (χ0v) is 62.3. The molecular formula is C84H80Cl2N4P4Ru2+2. The van der Waals surface area contributed by atoms with Crippen molar-refractivity contribution >= 4 is 115 Å². The fourth-order valence-electron chi connectivity index (χ4n) is 10.3. The van der Waals surface area contributed by atoms with E-state index in [1.165, 1.54) is 63.7 Å². The Hall–Kier alpha value is -7.59. The average Bonchev–Trinajstić information content (AvgIpc) is 0.903. The van der Waals surface area contributed by atoms with Gasteiger partial charge in [-0.1, -0.05) is 231 Å². The van der Waals surface area contributed by atoms with E-state index < -0.39 is 31.7 Å². The first kappa shape index (κ1) is 75.8. The van der Waals surface area contributed by atoms with Crippen LogP contribution in [0.25, 0.3) is 11.5 Å². The molecule has 0 atom stereocenters. The van der Waals surface area contributed by atoms with Crippen LogP contribution in [0.2, 0.25) is 0 Å². The zero-order chi connectivity index (χ0) is 66.0. The number of rotatable bonds is 14. The van der Waals surface area contributed by atoms with E-state index in [0.29, 0.717) is 0 Å². The van der Waals surface area contributed by atoms with Crippen LogP contribution in [0.5, 0.6) is 0 Å². The summed E-state index contributed by atoms with van der Waals surface area (Å²) in [7, 11) is 6.20. The van der Waals surface area contributed by atoms with Crippen molar-refractivity contribution in [2.24, 2.45) is 0 Å². The predicted molar refractivity (Wildman–Crippen MR) is 425 cm³/mol. The van der Waals surface area contributed by atoms with Gasteiger partial charge in [-0.15, -0.1) is 13.1 Å². The van der Waals surface area contributed by atoms with Crippen LogP contribution in [-0.4, -0.2) is 9.97 Å². The minimum Gasteiger partial charge on any atom is -0.0620 e. The predicted octanol–water partition coefficient (Wildman–Crippen LogP) is 16.8. The van der Waals surface area contributed by atoms with Crippen LogP contribution in [0.4, 0.5) is 0 Å². The van der Waals surface area contributed by atoms with Crippen molar-refractivity contribution in [3.05, 3.63) is 436 Å². The summed E-state index contributed by atoms with van der Waals surface area (Å²) in [6, 6.07) is 141. The molecule has 14 aromatic rings. The van der Waals surface area contributed by atoms with Gasteiger partial charge < -0.3 is 11.5 Å². The molecule has 484 valence electrons. The number of pyridine rings is 2. The molecule has 0 aliphatic rings. The number of benzene rings is 12. The summed E-state index contributed by atoms with van der Waals surface area (Å²) in [5.74, 6) is 0.